The van der Waals surface area contributed by atoms with Crippen LogP contribution in [0, 0.1) is 6.92 Å². The molecule has 2 rings (SSSR count). The minimum Gasteiger partial charge on any atom is -0.394 e. The van der Waals surface area contributed by atoms with Crippen LogP contribution in [0.5, 0.6) is 0 Å². The number of aliphatic hydroxyl groups excluding tert-OH is 2. The standard InChI is InChI=1S/C15H20N4O2/c1-11-2-4-12(5-3-11)6-7-15-14(8-16)17-18-19(15)9-13(21)10-20/h2-7,13,20-21H,8-10,16H2,1H3/b7-6+. The van der Waals surface area contributed by atoms with Crippen LogP contribution in [0.2, 0.25) is 0 Å². The van der Waals surface area contributed by atoms with Gasteiger partial charge in [-0.25, -0.2) is 4.68 Å². The minimum atomic E-state index is -0.871. The van der Waals surface area contributed by atoms with Crippen LogP contribution >= 0.6 is 0 Å². The summed E-state index contributed by atoms with van der Waals surface area (Å²) in [6.07, 6.45) is 2.94. The SMILES string of the molecule is Cc1ccc(/C=C/c2c(CN)nnn2CC(O)CO)cc1. The zero-order chi connectivity index (χ0) is 15.2. The van der Waals surface area contributed by atoms with E-state index >= 15 is 0 Å². The van der Waals surface area contributed by atoms with Crippen LogP contribution in [0.1, 0.15) is 22.5 Å². The fraction of sp³-hybridized carbons (Fsp3) is 0.333. The van der Waals surface area contributed by atoms with Gasteiger partial charge in [0.25, 0.3) is 0 Å². The van der Waals surface area contributed by atoms with Crippen LogP contribution < -0.4 is 5.73 Å². The van der Waals surface area contributed by atoms with Crippen LogP contribution in [0.25, 0.3) is 12.2 Å². The minimum absolute atomic E-state index is 0.178. The lowest BCUT2D eigenvalue weighted by Crippen LogP contribution is -2.21. The lowest BCUT2D eigenvalue weighted by Gasteiger charge is -2.08. The van der Waals surface area contributed by atoms with Gasteiger partial charge in [0, 0.05) is 6.54 Å². The van der Waals surface area contributed by atoms with Gasteiger partial charge in [0.15, 0.2) is 0 Å². The van der Waals surface area contributed by atoms with E-state index in [1.165, 1.54) is 5.56 Å². The number of nitrogens with two attached hydrogens (primary N) is 1. The molecule has 1 aromatic heterocycles. The molecule has 0 saturated heterocycles. The van der Waals surface area contributed by atoms with Crippen molar-refractivity contribution in [2.24, 2.45) is 5.73 Å². The molecule has 1 heterocycles. The summed E-state index contributed by atoms with van der Waals surface area (Å²) < 4.78 is 1.55. The van der Waals surface area contributed by atoms with E-state index in [4.69, 9.17) is 10.8 Å². The summed E-state index contributed by atoms with van der Waals surface area (Å²) in [5, 5.41) is 26.4. The third-order valence-corrected chi connectivity index (χ3v) is 3.15. The van der Waals surface area contributed by atoms with Crippen LogP contribution in [0.15, 0.2) is 24.3 Å². The van der Waals surface area contributed by atoms with Gasteiger partial charge in [-0.2, -0.15) is 0 Å². The van der Waals surface area contributed by atoms with E-state index in [1.54, 1.807) is 4.68 Å². The number of aromatic nitrogens is 3. The number of benzene rings is 1. The quantitative estimate of drug-likeness (QED) is 0.722. The second kappa shape index (κ2) is 7.12. The third-order valence-electron chi connectivity index (χ3n) is 3.15. The van der Waals surface area contributed by atoms with E-state index in [1.807, 2.05) is 43.3 Å². The van der Waals surface area contributed by atoms with E-state index in [0.29, 0.717) is 5.69 Å². The molecule has 1 unspecified atom stereocenters. The Morgan fingerprint density at radius 3 is 2.62 bits per heavy atom. The van der Waals surface area contributed by atoms with Gasteiger partial charge >= 0.3 is 0 Å². The normalized spacial score (nSPS) is 13.0. The van der Waals surface area contributed by atoms with Gasteiger partial charge in [0.05, 0.1) is 24.9 Å². The number of hydrogen-bond acceptors (Lipinski definition) is 5. The Balaban J connectivity index is 2.24. The fourth-order valence-corrected chi connectivity index (χ4v) is 1.93. The number of rotatable bonds is 6. The largest absolute Gasteiger partial charge is 0.394 e. The number of aryl methyl sites for hydroxylation is 1. The molecule has 0 spiro atoms. The smallest absolute Gasteiger partial charge is 0.104 e. The van der Waals surface area contributed by atoms with Gasteiger partial charge in [0.1, 0.15) is 5.69 Å². The maximum Gasteiger partial charge on any atom is 0.104 e. The number of hydrogen-bond donors (Lipinski definition) is 3. The predicted octanol–water partition coefficient (Wildman–Crippen LogP) is 0.569. The highest BCUT2D eigenvalue weighted by atomic mass is 16.3. The second-order valence-electron chi connectivity index (χ2n) is 4.89. The Labute approximate surface area is 123 Å². The molecule has 0 saturated carbocycles. The topological polar surface area (TPSA) is 97.2 Å². The first-order chi connectivity index (χ1) is 10.1. The van der Waals surface area contributed by atoms with E-state index in [9.17, 15) is 5.11 Å². The summed E-state index contributed by atoms with van der Waals surface area (Å²) in [5.74, 6) is 0. The molecule has 1 atom stereocenters. The van der Waals surface area contributed by atoms with Gasteiger partial charge in [0.2, 0.25) is 0 Å². The van der Waals surface area contributed by atoms with Crippen LogP contribution in [-0.4, -0.2) is 37.9 Å². The molecular formula is C15H20N4O2. The van der Waals surface area contributed by atoms with Crippen LogP contribution in [0.4, 0.5) is 0 Å². The van der Waals surface area contributed by atoms with Crippen molar-refractivity contribution >= 4 is 12.2 Å². The highest BCUT2D eigenvalue weighted by Crippen LogP contribution is 2.12. The Morgan fingerprint density at radius 2 is 2.00 bits per heavy atom. The molecule has 4 N–H and O–H groups in total. The van der Waals surface area contributed by atoms with Crippen LogP contribution in [0.3, 0.4) is 0 Å². The molecule has 0 aliphatic rings. The predicted molar refractivity (Wildman–Crippen MR) is 81.1 cm³/mol. The van der Waals surface area contributed by atoms with Gasteiger partial charge in [-0.05, 0) is 18.6 Å². The molecular weight excluding hydrogens is 268 g/mol. The maximum absolute atomic E-state index is 9.54. The molecule has 2 aromatic rings. The van der Waals surface area contributed by atoms with E-state index in [0.717, 1.165) is 11.3 Å². The first-order valence-corrected chi connectivity index (χ1v) is 6.80. The molecule has 1 aromatic carbocycles. The van der Waals surface area contributed by atoms with Crippen molar-refractivity contribution in [1.29, 1.82) is 0 Å². The zero-order valence-corrected chi connectivity index (χ0v) is 12.0. The highest BCUT2D eigenvalue weighted by molar-refractivity contribution is 5.69. The second-order valence-corrected chi connectivity index (χ2v) is 4.89. The lowest BCUT2D eigenvalue weighted by atomic mass is 10.1. The monoisotopic (exact) mass is 288 g/mol. The molecule has 112 valence electrons. The molecule has 6 heteroatoms. The molecule has 21 heavy (non-hydrogen) atoms. The lowest BCUT2D eigenvalue weighted by molar-refractivity contribution is 0.0776. The summed E-state index contributed by atoms with van der Waals surface area (Å²) >= 11 is 0. The molecule has 0 radical (unpaired) electrons. The van der Waals surface area contributed by atoms with Crippen molar-refractivity contribution < 1.29 is 10.2 Å². The van der Waals surface area contributed by atoms with Gasteiger partial charge in [-0.15, -0.1) is 5.10 Å². The summed E-state index contributed by atoms with van der Waals surface area (Å²) in [6, 6.07) is 8.11. The molecule has 0 aliphatic heterocycles. The Morgan fingerprint density at radius 1 is 1.29 bits per heavy atom. The Kier molecular flexibility index (Phi) is 5.21. The average Bonchev–Trinajstić information content (AvgIpc) is 2.88. The van der Waals surface area contributed by atoms with Gasteiger partial charge < -0.3 is 15.9 Å². The first-order valence-electron chi connectivity index (χ1n) is 6.80. The van der Waals surface area contributed by atoms with Crippen molar-refractivity contribution in [1.82, 2.24) is 15.0 Å². The zero-order valence-electron chi connectivity index (χ0n) is 12.0. The van der Waals surface area contributed by atoms with Crippen LogP contribution in [-0.2, 0) is 13.1 Å². The highest BCUT2D eigenvalue weighted by Gasteiger charge is 2.12. The molecule has 0 bridgehead atoms. The van der Waals surface area contributed by atoms with E-state index < -0.39 is 6.10 Å². The summed E-state index contributed by atoms with van der Waals surface area (Å²) in [4.78, 5) is 0. The van der Waals surface area contributed by atoms with Gasteiger partial charge in [-0.3, -0.25) is 0 Å². The fourth-order valence-electron chi connectivity index (χ4n) is 1.93. The number of aliphatic hydroxyl groups is 2. The summed E-state index contributed by atoms with van der Waals surface area (Å²) in [7, 11) is 0. The number of nitrogens with zero attached hydrogens (tertiary/aromatic N) is 3. The summed E-state index contributed by atoms with van der Waals surface area (Å²) in [5.41, 5.74) is 9.31. The van der Waals surface area contributed by atoms with E-state index in [2.05, 4.69) is 10.3 Å². The van der Waals surface area contributed by atoms with Crippen molar-refractivity contribution in [3.05, 3.63) is 46.8 Å². The Hall–Kier alpha value is -2.02. The molecule has 0 fully saturated rings. The van der Waals surface area contributed by atoms with E-state index in [-0.39, 0.29) is 19.7 Å². The third kappa shape index (κ3) is 3.98. The molecule has 0 aliphatic carbocycles. The van der Waals surface area contributed by atoms with Crippen molar-refractivity contribution in [3.63, 3.8) is 0 Å². The molecule has 0 amide bonds. The Bertz CT molecular complexity index is 605. The summed E-state index contributed by atoms with van der Waals surface area (Å²) in [6.45, 7) is 2.16. The average molecular weight is 288 g/mol. The van der Waals surface area contributed by atoms with Crippen molar-refractivity contribution in [2.75, 3.05) is 6.61 Å². The van der Waals surface area contributed by atoms with Gasteiger partial charge in [-0.1, -0.05) is 41.1 Å². The van der Waals surface area contributed by atoms with Crippen molar-refractivity contribution in [3.8, 4) is 0 Å². The van der Waals surface area contributed by atoms with Crippen molar-refractivity contribution in [2.45, 2.75) is 26.1 Å². The maximum atomic E-state index is 9.54. The first kappa shape index (κ1) is 15.4. The molecule has 6 nitrogen and oxygen atoms in total.